The first-order valence-corrected chi connectivity index (χ1v) is 9.53. The van der Waals surface area contributed by atoms with E-state index in [1.165, 1.54) is 18.4 Å². The van der Waals surface area contributed by atoms with Crippen molar-refractivity contribution in [2.45, 2.75) is 81.6 Å². The molecule has 1 saturated carbocycles. The van der Waals surface area contributed by atoms with Crippen LogP contribution in [-0.2, 0) is 11.3 Å². The topological polar surface area (TPSA) is 58.4 Å². The summed E-state index contributed by atoms with van der Waals surface area (Å²) in [7, 11) is 0. The molecule has 1 aromatic carbocycles. The number of nitrogens with two attached hydrogens (primary N) is 1. The van der Waals surface area contributed by atoms with E-state index >= 15 is 0 Å². The van der Waals surface area contributed by atoms with Gasteiger partial charge in [0, 0.05) is 24.7 Å². The van der Waals surface area contributed by atoms with Gasteiger partial charge in [-0.05, 0) is 44.1 Å². The Hall–Kier alpha value is -1.39. The van der Waals surface area contributed by atoms with Crippen LogP contribution in [0.1, 0.15) is 56.9 Å². The fourth-order valence-corrected chi connectivity index (χ4v) is 5.01. The molecule has 0 radical (unpaired) electrons. The van der Waals surface area contributed by atoms with Gasteiger partial charge in [0.05, 0.1) is 5.54 Å². The standard InChI is InChI=1S/C20H29N3O/c21-20(10-4-5-11-20)19(24)22-16-12-17-8-9-18(13-16)23(17)14-15-6-2-1-3-7-15/h1-3,6-7,16-18H,4-5,8-14,21H2,(H,22,24). The summed E-state index contributed by atoms with van der Waals surface area (Å²) in [5.41, 5.74) is 7.11. The summed E-state index contributed by atoms with van der Waals surface area (Å²) in [6.45, 7) is 1.04. The molecule has 0 aromatic heterocycles. The predicted octanol–water partition coefficient (Wildman–Crippen LogP) is 2.57. The molecule has 3 N–H and O–H groups in total. The number of hydrogen-bond donors (Lipinski definition) is 2. The second-order valence-electron chi connectivity index (χ2n) is 8.05. The highest BCUT2D eigenvalue weighted by molar-refractivity contribution is 5.86. The van der Waals surface area contributed by atoms with Crippen LogP contribution in [-0.4, -0.2) is 34.5 Å². The van der Waals surface area contributed by atoms with E-state index in [-0.39, 0.29) is 5.91 Å². The monoisotopic (exact) mass is 327 g/mol. The van der Waals surface area contributed by atoms with E-state index < -0.39 is 5.54 Å². The molecule has 0 spiro atoms. The Morgan fingerprint density at radius 2 is 1.75 bits per heavy atom. The predicted molar refractivity (Wildman–Crippen MR) is 95.3 cm³/mol. The van der Waals surface area contributed by atoms with E-state index in [4.69, 9.17) is 5.73 Å². The smallest absolute Gasteiger partial charge is 0.240 e. The lowest BCUT2D eigenvalue weighted by molar-refractivity contribution is -0.127. The molecule has 2 saturated heterocycles. The highest BCUT2D eigenvalue weighted by Gasteiger charge is 2.43. The SMILES string of the molecule is NC1(C(=O)NC2CC3CCC(C2)N3Cc2ccccc2)CCCC1. The van der Waals surface area contributed by atoms with Crippen molar-refractivity contribution in [2.75, 3.05) is 0 Å². The minimum Gasteiger partial charge on any atom is -0.352 e. The molecule has 4 heteroatoms. The largest absolute Gasteiger partial charge is 0.352 e. The zero-order chi connectivity index (χ0) is 16.6. The Balaban J connectivity index is 1.37. The fraction of sp³-hybridized carbons (Fsp3) is 0.650. The van der Waals surface area contributed by atoms with Crippen LogP contribution in [0.2, 0.25) is 0 Å². The van der Waals surface area contributed by atoms with Gasteiger partial charge in [0.2, 0.25) is 5.91 Å². The van der Waals surface area contributed by atoms with Crippen molar-refractivity contribution in [1.82, 2.24) is 10.2 Å². The first-order chi connectivity index (χ1) is 11.6. The molecule has 2 heterocycles. The van der Waals surface area contributed by atoms with Gasteiger partial charge in [0.25, 0.3) is 0 Å². The van der Waals surface area contributed by atoms with E-state index in [9.17, 15) is 4.79 Å². The van der Waals surface area contributed by atoms with Crippen molar-refractivity contribution in [3.8, 4) is 0 Å². The summed E-state index contributed by atoms with van der Waals surface area (Å²) < 4.78 is 0. The number of carbonyl (C=O) groups is 1. The zero-order valence-corrected chi connectivity index (χ0v) is 14.4. The molecule has 4 nitrogen and oxygen atoms in total. The molecule has 3 fully saturated rings. The molecule has 130 valence electrons. The number of nitrogens with one attached hydrogen (secondary N) is 1. The Bertz CT molecular complexity index is 568. The number of carbonyl (C=O) groups excluding carboxylic acids is 1. The number of rotatable bonds is 4. The zero-order valence-electron chi connectivity index (χ0n) is 14.4. The van der Waals surface area contributed by atoms with Crippen molar-refractivity contribution in [2.24, 2.45) is 5.73 Å². The summed E-state index contributed by atoms with van der Waals surface area (Å²) in [6.07, 6.45) is 8.54. The molecule has 2 bridgehead atoms. The molecule has 1 amide bonds. The molecule has 2 atom stereocenters. The van der Waals surface area contributed by atoms with Crippen molar-refractivity contribution in [3.63, 3.8) is 0 Å². The van der Waals surface area contributed by atoms with E-state index in [2.05, 4.69) is 40.5 Å². The van der Waals surface area contributed by atoms with Crippen LogP contribution in [0.15, 0.2) is 30.3 Å². The molecular formula is C20H29N3O. The van der Waals surface area contributed by atoms with Gasteiger partial charge >= 0.3 is 0 Å². The quantitative estimate of drug-likeness (QED) is 0.893. The van der Waals surface area contributed by atoms with Gasteiger partial charge in [-0.2, -0.15) is 0 Å². The molecule has 1 aliphatic carbocycles. The summed E-state index contributed by atoms with van der Waals surface area (Å²) in [6, 6.07) is 12.3. The Morgan fingerprint density at radius 1 is 1.12 bits per heavy atom. The Kier molecular flexibility index (Phi) is 4.35. The van der Waals surface area contributed by atoms with Crippen molar-refractivity contribution >= 4 is 5.91 Å². The first kappa shape index (κ1) is 16.1. The second kappa shape index (κ2) is 6.49. The van der Waals surface area contributed by atoms with Crippen LogP contribution in [0, 0.1) is 0 Å². The summed E-state index contributed by atoms with van der Waals surface area (Å²) in [5.74, 6) is 0.0981. The Morgan fingerprint density at radius 3 is 2.38 bits per heavy atom. The van der Waals surface area contributed by atoms with E-state index in [0.717, 1.165) is 45.1 Å². The van der Waals surface area contributed by atoms with Gasteiger partial charge in [-0.15, -0.1) is 0 Å². The molecule has 2 unspecified atom stereocenters. The maximum absolute atomic E-state index is 12.6. The lowest BCUT2D eigenvalue weighted by Crippen LogP contribution is -2.57. The first-order valence-electron chi connectivity index (χ1n) is 9.53. The molecule has 3 aliphatic rings. The highest BCUT2D eigenvalue weighted by Crippen LogP contribution is 2.37. The number of benzene rings is 1. The van der Waals surface area contributed by atoms with Gasteiger partial charge in [-0.3, -0.25) is 9.69 Å². The maximum atomic E-state index is 12.6. The molecule has 1 aromatic rings. The number of nitrogens with zero attached hydrogens (tertiary/aromatic N) is 1. The van der Waals surface area contributed by atoms with Crippen LogP contribution in [0.25, 0.3) is 0 Å². The third-order valence-corrected chi connectivity index (χ3v) is 6.38. The normalized spacial score (nSPS) is 32.0. The van der Waals surface area contributed by atoms with Gasteiger partial charge in [0.15, 0.2) is 0 Å². The summed E-state index contributed by atoms with van der Waals surface area (Å²) in [4.78, 5) is 15.3. The highest BCUT2D eigenvalue weighted by atomic mass is 16.2. The number of piperidine rings is 1. The van der Waals surface area contributed by atoms with Gasteiger partial charge < -0.3 is 11.1 Å². The molecule has 4 rings (SSSR count). The third-order valence-electron chi connectivity index (χ3n) is 6.38. The van der Waals surface area contributed by atoms with Gasteiger partial charge in [-0.1, -0.05) is 43.2 Å². The van der Waals surface area contributed by atoms with Crippen LogP contribution < -0.4 is 11.1 Å². The Labute approximate surface area is 144 Å². The second-order valence-corrected chi connectivity index (χ2v) is 8.05. The fourth-order valence-electron chi connectivity index (χ4n) is 5.01. The molecule has 24 heavy (non-hydrogen) atoms. The average Bonchev–Trinajstić information content (AvgIpc) is 3.11. The van der Waals surface area contributed by atoms with E-state index in [0.29, 0.717) is 18.1 Å². The summed E-state index contributed by atoms with van der Waals surface area (Å²) in [5, 5.41) is 3.30. The van der Waals surface area contributed by atoms with E-state index in [1.54, 1.807) is 0 Å². The van der Waals surface area contributed by atoms with Crippen molar-refractivity contribution < 1.29 is 4.79 Å². The lowest BCUT2D eigenvalue weighted by atomic mass is 9.93. The number of fused-ring (bicyclic) bond motifs is 2. The number of hydrogen-bond acceptors (Lipinski definition) is 3. The minimum absolute atomic E-state index is 0.0981. The van der Waals surface area contributed by atoms with Crippen LogP contribution >= 0.6 is 0 Å². The number of amides is 1. The lowest BCUT2D eigenvalue weighted by Gasteiger charge is -2.40. The van der Waals surface area contributed by atoms with Crippen LogP contribution in [0.5, 0.6) is 0 Å². The van der Waals surface area contributed by atoms with Gasteiger partial charge in [-0.25, -0.2) is 0 Å². The summed E-state index contributed by atoms with van der Waals surface area (Å²) >= 11 is 0. The van der Waals surface area contributed by atoms with Crippen molar-refractivity contribution in [1.29, 1.82) is 0 Å². The van der Waals surface area contributed by atoms with Crippen LogP contribution in [0.4, 0.5) is 0 Å². The van der Waals surface area contributed by atoms with Crippen LogP contribution in [0.3, 0.4) is 0 Å². The molecule has 2 aliphatic heterocycles. The van der Waals surface area contributed by atoms with Gasteiger partial charge in [0.1, 0.15) is 0 Å². The maximum Gasteiger partial charge on any atom is 0.240 e. The third kappa shape index (κ3) is 3.09. The molecular weight excluding hydrogens is 298 g/mol. The average molecular weight is 327 g/mol. The van der Waals surface area contributed by atoms with E-state index in [1.807, 2.05) is 0 Å². The minimum atomic E-state index is -0.597. The van der Waals surface area contributed by atoms with Crippen molar-refractivity contribution in [3.05, 3.63) is 35.9 Å².